The molecule has 0 aliphatic carbocycles. The smallest absolute Gasteiger partial charge is 0.417 e. The van der Waals surface area contributed by atoms with Gasteiger partial charge < -0.3 is 13.6 Å². The van der Waals surface area contributed by atoms with Crippen molar-refractivity contribution in [1.29, 1.82) is 0 Å². The fourth-order valence-corrected chi connectivity index (χ4v) is 4.21. The van der Waals surface area contributed by atoms with E-state index in [2.05, 4.69) is 4.90 Å². The van der Waals surface area contributed by atoms with E-state index in [1.807, 2.05) is 18.2 Å². The Labute approximate surface area is 133 Å². The van der Waals surface area contributed by atoms with Crippen LogP contribution < -0.4 is 4.90 Å². The molecule has 2 aromatic heterocycles. The van der Waals surface area contributed by atoms with Gasteiger partial charge in [-0.2, -0.15) is 0 Å². The summed E-state index contributed by atoms with van der Waals surface area (Å²) in [6, 6.07) is 5.51. The third-order valence-electron chi connectivity index (χ3n) is 5.42. The average molecular weight is 314 g/mol. The van der Waals surface area contributed by atoms with Gasteiger partial charge in [-0.15, -0.1) is 0 Å². The van der Waals surface area contributed by atoms with Crippen LogP contribution in [-0.4, -0.2) is 42.8 Å². The Kier molecular flexibility index (Phi) is 2.68. The summed E-state index contributed by atoms with van der Waals surface area (Å²) < 4.78 is 16.8. The Morgan fingerprint density at radius 2 is 2.00 bits per heavy atom. The summed E-state index contributed by atoms with van der Waals surface area (Å²) in [5, 5.41) is 0. The quantitative estimate of drug-likeness (QED) is 0.853. The van der Waals surface area contributed by atoms with Crippen molar-refractivity contribution in [3.05, 3.63) is 30.7 Å². The second-order valence-corrected chi connectivity index (χ2v) is 6.72. The molecular formula is C17H18N2O4. The van der Waals surface area contributed by atoms with Crippen molar-refractivity contribution in [2.75, 3.05) is 31.1 Å². The molecule has 0 radical (unpaired) electrons. The van der Waals surface area contributed by atoms with Crippen LogP contribution in [0, 0.1) is 5.92 Å². The van der Waals surface area contributed by atoms with Gasteiger partial charge in [-0.05, 0) is 38.1 Å². The Bertz CT molecular complexity index is 730. The minimum absolute atomic E-state index is 0.299. The molecule has 6 heterocycles. The van der Waals surface area contributed by atoms with Crippen LogP contribution in [0.3, 0.4) is 0 Å². The molecule has 4 saturated heterocycles. The molecule has 23 heavy (non-hydrogen) atoms. The lowest BCUT2D eigenvalue weighted by Gasteiger charge is -2.49. The van der Waals surface area contributed by atoms with E-state index in [1.54, 1.807) is 17.4 Å². The van der Waals surface area contributed by atoms with Crippen molar-refractivity contribution in [3.8, 4) is 11.3 Å². The van der Waals surface area contributed by atoms with E-state index in [0.717, 1.165) is 38.0 Å². The minimum atomic E-state index is -0.365. The van der Waals surface area contributed by atoms with Gasteiger partial charge in [0.05, 0.1) is 18.4 Å². The molecule has 6 rings (SSSR count). The van der Waals surface area contributed by atoms with Gasteiger partial charge in [0.2, 0.25) is 5.88 Å². The second-order valence-electron chi connectivity index (χ2n) is 6.72. The number of carbonyl (C=O) groups excluding carboxylic acids is 1. The Morgan fingerprint density at radius 1 is 1.13 bits per heavy atom. The molecule has 0 aromatic carbocycles. The normalized spacial score (nSPS) is 32.7. The van der Waals surface area contributed by atoms with Crippen LogP contribution in [0.4, 0.5) is 10.7 Å². The molecule has 1 atom stereocenters. The van der Waals surface area contributed by atoms with Crippen molar-refractivity contribution < 1.29 is 18.4 Å². The highest BCUT2D eigenvalue weighted by Gasteiger charge is 2.56. The number of carbonyl (C=O) groups is 1. The third kappa shape index (κ3) is 1.94. The highest BCUT2D eigenvalue weighted by Crippen LogP contribution is 2.43. The maximum Gasteiger partial charge on any atom is 0.417 e. The summed E-state index contributed by atoms with van der Waals surface area (Å²) in [6.07, 6.45) is 5.15. The van der Waals surface area contributed by atoms with Gasteiger partial charge >= 0.3 is 6.09 Å². The zero-order valence-corrected chi connectivity index (χ0v) is 12.7. The van der Waals surface area contributed by atoms with Crippen molar-refractivity contribution in [2.45, 2.75) is 18.4 Å². The zero-order valence-electron chi connectivity index (χ0n) is 12.7. The highest BCUT2D eigenvalue weighted by atomic mass is 16.6. The van der Waals surface area contributed by atoms with E-state index in [4.69, 9.17) is 13.6 Å². The maximum atomic E-state index is 12.4. The number of ether oxygens (including phenoxy) is 1. The van der Waals surface area contributed by atoms with Gasteiger partial charge in [-0.25, -0.2) is 9.69 Å². The van der Waals surface area contributed by atoms with E-state index in [1.165, 1.54) is 0 Å². The Hall–Kier alpha value is -2.21. The first-order valence-corrected chi connectivity index (χ1v) is 8.09. The topological polar surface area (TPSA) is 59.1 Å². The maximum absolute atomic E-state index is 12.4. The molecule has 4 aliphatic rings. The van der Waals surface area contributed by atoms with Crippen LogP contribution in [0.5, 0.6) is 0 Å². The number of hydrogen-bond donors (Lipinski definition) is 0. The highest BCUT2D eigenvalue weighted by molar-refractivity contribution is 5.89. The molecule has 1 amide bonds. The molecule has 4 fully saturated rings. The lowest BCUT2D eigenvalue weighted by Crippen LogP contribution is -2.61. The molecule has 6 nitrogen and oxygen atoms in total. The van der Waals surface area contributed by atoms with Crippen molar-refractivity contribution in [1.82, 2.24) is 4.90 Å². The summed E-state index contributed by atoms with van der Waals surface area (Å²) in [7, 11) is 0. The van der Waals surface area contributed by atoms with Crippen LogP contribution in [0.15, 0.2) is 39.6 Å². The molecule has 4 aliphatic heterocycles. The first-order chi connectivity index (χ1) is 11.2. The second kappa shape index (κ2) is 4.64. The number of hydrogen-bond acceptors (Lipinski definition) is 5. The van der Waals surface area contributed by atoms with Crippen molar-refractivity contribution in [3.63, 3.8) is 0 Å². The van der Waals surface area contributed by atoms with E-state index in [-0.39, 0.29) is 11.7 Å². The third-order valence-corrected chi connectivity index (χ3v) is 5.42. The molecule has 6 heteroatoms. The Morgan fingerprint density at radius 3 is 2.70 bits per heavy atom. The number of piperidine rings is 3. The van der Waals surface area contributed by atoms with E-state index < -0.39 is 0 Å². The summed E-state index contributed by atoms with van der Waals surface area (Å²) in [4.78, 5) is 16.5. The zero-order chi connectivity index (χ0) is 15.4. The molecule has 0 saturated carbocycles. The van der Waals surface area contributed by atoms with E-state index in [9.17, 15) is 4.79 Å². The van der Waals surface area contributed by atoms with Crippen LogP contribution >= 0.6 is 0 Å². The van der Waals surface area contributed by atoms with Crippen LogP contribution in [0.1, 0.15) is 12.8 Å². The predicted molar refractivity (Wildman–Crippen MR) is 82.1 cm³/mol. The largest absolute Gasteiger partial charge is 0.472 e. The van der Waals surface area contributed by atoms with Crippen molar-refractivity contribution in [2.24, 2.45) is 5.92 Å². The molecule has 1 spiro atoms. The van der Waals surface area contributed by atoms with Gasteiger partial charge in [-0.1, -0.05) is 0 Å². The lowest BCUT2D eigenvalue weighted by atomic mass is 9.75. The minimum Gasteiger partial charge on any atom is -0.472 e. The number of fused-ring (bicyclic) bond motifs is 2. The van der Waals surface area contributed by atoms with Crippen molar-refractivity contribution >= 4 is 12.0 Å². The molecule has 0 N–H and O–H groups in total. The van der Waals surface area contributed by atoms with Gasteiger partial charge in [0.25, 0.3) is 0 Å². The Balaban J connectivity index is 1.43. The van der Waals surface area contributed by atoms with Gasteiger partial charge in [0, 0.05) is 18.5 Å². The molecule has 1 unspecified atom stereocenters. The van der Waals surface area contributed by atoms with Crippen LogP contribution in [-0.2, 0) is 4.74 Å². The van der Waals surface area contributed by atoms with Gasteiger partial charge in [0.15, 0.2) is 0 Å². The lowest BCUT2D eigenvalue weighted by molar-refractivity contribution is -0.0881. The van der Waals surface area contributed by atoms with E-state index >= 15 is 0 Å². The fraction of sp³-hybridized carbons (Fsp3) is 0.471. The van der Waals surface area contributed by atoms with Crippen LogP contribution in [0.25, 0.3) is 11.3 Å². The predicted octanol–water partition coefficient (Wildman–Crippen LogP) is 2.96. The van der Waals surface area contributed by atoms with Crippen LogP contribution in [0.2, 0.25) is 0 Å². The SMILES string of the molecule is O=C1OC2(CN3CCC2CC3)CN1c1ccc(-c2ccoc2)o1. The summed E-state index contributed by atoms with van der Waals surface area (Å²) in [5.41, 5.74) is 0.497. The number of amides is 1. The number of furan rings is 2. The molecular weight excluding hydrogens is 296 g/mol. The molecule has 120 valence electrons. The average Bonchev–Trinajstić information content (AvgIpc) is 3.28. The molecule has 2 bridgehead atoms. The summed E-state index contributed by atoms with van der Waals surface area (Å²) in [6.45, 7) is 3.66. The monoisotopic (exact) mass is 314 g/mol. The summed E-state index contributed by atoms with van der Waals surface area (Å²) in [5.74, 6) is 1.70. The first kappa shape index (κ1) is 13.2. The van der Waals surface area contributed by atoms with Gasteiger partial charge in [-0.3, -0.25) is 4.90 Å². The standard InChI is InChI=1S/C17H18N2O4/c20-16-19(15-2-1-14(22-15)12-5-8-21-9-12)11-17(23-16)10-18-6-3-13(17)4-7-18/h1-2,5,8-9,13H,3-4,6-7,10-11H2. The number of nitrogens with zero attached hydrogens (tertiary/aromatic N) is 2. The first-order valence-electron chi connectivity index (χ1n) is 8.09. The molecule has 2 aromatic rings. The van der Waals surface area contributed by atoms with Gasteiger partial charge in [0.1, 0.15) is 17.6 Å². The summed E-state index contributed by atoms with van der Waals surface area (Å²) >= 11 is 0. The number of anilines is 1. The van der Waals surface area contributed by atoms with E-state index in [0.29, 0.717) is 24.1 Å². The number of rotatable bonds is 2. The fourth-order valence-electron chi connectivity index (χ4n) is 4.21.